The number of aliphatic hydroxyl groups excluding tert-OH is 1. The number of hydrogen-bond acceptors (Lipinski definition) is 7. The number of aromatic nitrogens is 2. The van der Waals surface area contributed by atoms with Crippen LogP contribution in [-0.2, 0) is 11.3 Å². The molecule has 0 aromatic carbocycles. The van der Waals surface area contributed by atoms with Crippen molar-refractivity contribution in [2.24, 2.45) is 0 Å². The molecule has 1 unspecified atom stereocenters. The van der Waals surface area contributed by atoms with E-state index in [1.807, 2.05) is 0 Å². The van der Waals surface area contributed by atoms with Gasteiger partial charge in [0.2, 0.25) is 11.8 Å². The number of nitrogens with zero attached hydrogens (tertiary/aromatic N) is 4. The molecule has 1 saturated heterocycles. The van der Waals surface area contributed by atoms with Crippen molar-refractivity contribution < 1.29 is 14.4 Å². The fourth-order valence-corrected chi connectivity index (χ4v) is 2.72. The summed E-state index contributed by atoms with van der Waals surface area (Å²) in [6, 6.07) is 0. The van der Waals surface area contributed by atoms with Gasteiger partial charge >= 0.3 is 0 Å². The minimum Gasteiger partial charge on any atom is -0.390 e. The van der Waals surface area contributed by atoms with Gasteiger partial charge in [0.05, 0.1) is 19.2 Å². The second-order valence-electron chi connectivity index (χ2n) is 6.08. The smallest absolute Gasteiger partial charge is 0.240 e. The topological polar surface area (TPSA) is 94.7 Å². The normalized spacial score (nSPS) is 23.5. The molecule has 0 radical (unpaired) electrons. The van der Waals surface area contributed by atoms with Gasteiger partial charge in [-0.25, -0.2) is 0 Å². The first-order valence-electron chi connectivity index (χ1n) is 7.81. The van der Waals surface area contributed by atoms with Crippen LogP contribution >= 0.6 is 0 Å². The van der Waals surface area contributed by atoms with Gasteiger partial charge in [0.15, 0.2) is 5.82 Å². The average molecular weight is 309 g/mol. The Labute approximate surface area is 129 Å². The van der Waals surface area contributed by atoms with Gasteiger partial charge in [-0.15, -0.1) is 0 Å². The fourth-order valence-electron chi connectivity index (χ4n) is 2.72. The van der Waals surface area contributed by atoms with E-state index in [9.17, 15) is 9.90 Å². The Morgan fingerprint density at radius 1 is 1.41 bits per heavy atom. The predicted molar refractivity (Wildman–Crippen MR) is 78.1 cm³/mol. The van der Waals surface area contributed by atoms with Gasteiger partial charge in [0.25, 0.3) is 0 Å². The summed E-state index contributed by atoms with van der Waals surface area (Å²) in [7, 11) is 1.74. The Bertz CT molecular complexity index is 516. The van der Waals surface area contributed by atoms with Gasteiger partial charge < -0.3 is 19.8 Å². The van der Waals surface area contributed by atoms with Gasteiger partial charge in [-0.3, -0.25) is 9.69 Å². The molecule has 1 saturated carbocycles. The Morgan fingerprint density at radius 3 is 2.95 bits per heavy atom. The fraction of sp³-hybridized carbons (Fsp3) is 0.786. The highest BCUT2D eigenvalue weighted by atomic mass is 16.5. The molecule has 1 aliphatic heterocycles. The lowest BCUT2D eigenvalue weighted by molar-refractivity contribution is -0.131. The first-order valence-corrected chi connectivity index (χ1v) is 7.81. The van der Waals surface area contributed by atoms with Crippen molar-refractivity contribution in [3.05, 3.63) is 11.7 Å². The molecule has 1 aromatic rings. The molecule has 2 N–H and O–H groups in total. The summed E-state index contributed by atoms with van der Waals surface area (Å²) in [5.41, 5.74) is 0. The summed E-state index contributed by atoms with van der Waals surface area (Å²) in [5.74, 6) is 1.87. The summed E-state index contributed by atoms with van der Waals surface area (Å²) in [4.78, 5) is 20.1. The van der Waals surface area contributed by atoms with Crippen LogP contribution < -0.4 is 5.32 Å². The van der Waals surface area contributed by atoms with E-state index in [1.165, 1.54) is 0 Å². The summed E-state index contributed by atoms with van der Waals surface area (Å²) < 4.78 is 5.28. The van der Waals surface area contributed by atoms with Crippen LogP contribution in [0.3, 0.4) is 0 Å². The second-order valence-corrected chi connectivity index (χ2v) is 6.08. The molecular formula is C14H23N5O3. The summed E-state index contributed by atoms with van der Waals surface area (Å²) >= 11 is 0. The molecule has 1 amide bonds. The molecule has 0 spiro atoms. The van der Waals surface area contributed by atoms with Gasteiger partial charge in [-0.05, 0) is 19.9 Å². The number of amides is 1. The molecule has 1 aliphatic carbocycles. The van der Waals surface area contributed by atoms with E-state index in [0.29, 0.717) is 51.1 Å². The van der Waals surface area contributed by atoms with Crippen LogP contribution in [0.25, 0.3) is 0 Å². The lowest BCUT2D eigenvalue weighted by Crippen LogP contribution is -2.41. The zero-order valence-electron chi connectivity index (χ0n) is 12.9. The molecule has 2 aliphatic rings. The Hall–Kier alpha value is -1.51. The third-order valence-corrected chi connectivity index (χ3v) is 4.05. The third kappa shape index (κ3) is 3.82. The van der Waals surface area contributed by atoms with Crippen molar-refractivity contribution in [3.8, 4) is 0 Å². The zero-order chi connectivity index (χ0) is 15.5. The van der Waals surface area contributed by atoms with Gasteiger partial charge in [-0.2, -0.15) is 4.98 Å². The Balaban J connectivity index is 1.56. The van der Waals surface area contributed by atoms with Crippen LogP contribution in [0.5, 0.6) is 0 Å². The second kappa shape index (κ2) is 6.72. The van der Waals surface area contributed by atoms with Crippen molar-refractivity contribution >= 4 is 5.91 Å². The van der Waals surface area contributed by atoms with Crippen molar-refractivity contribution in [3.63, 3.8) is 0 Å². The van der Waals surface area contributed by atoms with Crippen LogP contribution in [0, 0.1) is 0 Å². The SMILES string of the molecule is CNCC(=O)N1CCN(Cc2nc(C3CC3)no2)CC(O)C1. The van der Waals surface area contributed by atoms with Crippen LogP contribution in [-0.4, -0.2) is 76.8 Å². The molecule has 8 nitrogen and oxygen atoms in total. The average Bonchev–Trinajstić information content (AvgIpc) is 3.25. The highest BCUT2D eigenvalue weighted by molar-refractivity contribution is 5.78. The first kappa shape index (κ1) is 15.4. The number of aliphatic hydroxyl groups is 1. The van der Waals surface area contributed by atoms with Crippen molar-refractivity contribution in [1.29, 1.82) is 0 Å². The van der Waals surface area contributed by atoms with Crippen molar-refractivity contribution in [2.75, 3.05) is 39.8 Å². The molecule has 2 fully saturated rings. The third-order valence-electron chi connectivity index (χ3n) is 4.05. The molecule has 1 atom stereocenters. The lowest BCUT2D eigenvalue weighted by Gasteiger charge is -2.21. The molecule has 1 aromatic heterocycles. The minimum absolute atomic E-state index is 0.0113. The molecular weight excluding hydrogens is 286 g/mol. The molecule has 122 valence electrons. The van der Waals surface area contributed by atoms with Crippen LogP contribution in [0.15, 0.2) is 4.52 Å². The molecule has 8 heteroatoms. The first-order chi connectivity index (χ1) is 10.7. The molecule has 2 heterocycles. The highest BCUT2D eigenvalue weighted by Gasteiger charge is 2.30. The van der Waals surface area contributed by atoms with Crippen LogP contribution in [0.1, 0.15) is 30.5 Å². The molecule has 3 rings (SSSR count). The van der Waals surface area contributed by atoms with Gasteiger partial charge in [0, 0.05) is 32.1 Å². The lowest BCUT2D eigenvalue weighted by atomic mass is 10.3. The van der Waals surface area contributed by atoms with Gasteiger partial charge in [0.1, 0.15) is 0 Å². The summed E-state index contributed by atoms with van der Waals surface area (Å²) in [6.07, 6.45) is 1.72. The maximum atomic E-state index is 11.9. The summed E-state index contributed by atoms with van der Waals surface area (Å²) in [5, 5.41) is 17.0. The summed E-state index contributed by atoms with van der Waals surface area (Å²) in [6.45, 7) is 2.97. The quantitative estimate of drug-likeness (QED) is 0.733. The van der Waals surface area contributed by atoms with Gasteiger partial charge in [-0.1, -0.05) is 5.16 Å². The number of carbonyl (C=O) groups is 1. The highest BCUT2D eigenvalue weighted by Crippen LogP contribution is 2.38. The largest absolute Gasteiger partial charge is 0.390 e. The van der Waals surface area contributed by atoms with Crippen molar-refractivity contribution in [1.82, 2.24) is 25.3 Å². The number of likely N-dealkylation sites (N-methyl/N-ethyl adjacent to an activating group) is 1. The number of carbonyl (C=O) groups excluding carboxylic acids is 1. The maximum Gasteiger partial charge on any atom is 0.240 e. The van der Waals surface area contributed by atoms with E-state index in [1.54, 1.807) is 11.9 Å². The monoisotopic (exact) mass is 309 g/mol. The standard InChI is InChI=1S/C14H23N5O3/c1-15-6-13(21)19-5-4-18(7-11(20)8-19)9-12-16-14(17-22-12)10-2-3-10/h10-11,15,20H,2-9H2,1H3. The Morgan fingerprint density at radius 2 is 2.23 bits per heavy atom. The zero-order valence-corrected chi connectivity index (χ0v) is 12.9. The number of nitrogens with one attached hydrogen (secondary N) is 1. The van der Waals surface area contributed by atoms with Crippen LogP contribution in [0.4, 0.5) is 0 Å². The Kier molecular flexibility index (Phi) is 4.70. The number of hydrogen-bond donors (Lipinski definition) is 2. The van der Waals surface area contributed by atoms with Crippen LogP contribution in [0.2, 0.25) is 0 Å². The predicted octanol–water partition coefficient (Wildman–Crippen LogP) is -0.828. The van der Waals surface area contributed by atoms with E-state index in [2.05, 4.69) is 20.4 Å². The number of β-amino-alcohol motifs (C(OH)–C–C–N with tert-alkyl or cyclic N) is 1. The van der Waals surface area contributed by atoms with E-state index in [-0.39, 0.29) is 5.91 Å². The van der Waals surface area contributed by atoms with E-state index >= 15 is 0 Å². The molecule has 22 heavy (non-hydrogen) atoms. The molecule has 0 bridgehead atoms. The van der Waals surface area contributed by atoms with E-state index in [4.69, 9.17) is 4.52 Å². The minimum atomic E-state index is -0.561. The van der Waals surface area contributed by atoms with E-state index < -0.39 is 6.10 Å². The van der Waals surface area contributed by atoms with E-state index in [0.717, 1.165) is 18.7 Å². The number of rotatable bonds is 5. The maximum absolute atomic E-state index is 11.9. The van der Waals surface area contributed by atoms with Crippen molar-refractivity contribution in [2.45, 2.75) is 31.4 Å².